The molecule has 1 heterocycles. The van der Waals surface area contributed by atoms with Crippen LogP contribution in [0, 0.1) is 12.3 Å². The van der Waals surface area contributed by atoms with E-state index in [1.807, 2.05) is 11.8 Å². The number of amides is 2. The van der Waals surface area contributed by atoms with Crippen molar-refractivity contribution in [2.45, 2.75) is 38.4 Å². The van der Waals surface area contributed by atoms with Gasteiger partial charge in [-0.25, -0.2) is 0 Å². The maximum atomic E-state index is 12.5. The molecule has 6 heteroatoms. The molecule has 0 aliphatic carbocycles. The molecule has 0 bridgehead atoms. The van der Waals surface area contributed by atoms with Crippen LogP contribution in [0.3, 0.4) is 0 Å². The fraction of sp³-hybridized carbons (Fsp3) is 0.765. The maximum Gasteiger partial charge on any atom is 0.235 e. The molecule has 1 rings (SSSR count). The third-order valence-corrected chi connectivity index (χ3v) is 5.09. The number of terminal acetylenes is 1. The summed E-state index contributed by atoms with van der Waals surface area (Å²) in [5.74, 6) is 3.62. The van der Waals surface area contributed by atoms with Crippen molar-refractivity contribution in [2.75, 3.05) is 45.0 Å². The molecule has 0 aromatic heterocycles. The van der Waals surface area contributed by atoms with Crippen LogP contribution in [0.2, 0.25) is 0 Å². The van der Waals surface area contributed by atoms with E-state index in [1.54, 1.807) is 11.8 Å². The number of carbonyl (C=O) groups excluding carboxylic acids is 2. The van der Waals surface area contributed by atoms with Crippen molar-refractivity contribution in [1.29, 1.82) is 0 Å². The maximum absolute atomic E-state index is 12.5. The highest BCUT2D eigenvalue weighted by atomic mass is 32.2. The van der Waals surface area contributed by atoms with Crippen LogP contribution < -0.4 is 5.32 Å². The lowest BCUT2D eigenvalue weighted by Gasteiger charge is -2.24. The molecular weight excluding hydrogens is 310 g/mol. The molecule has 0 radical (unpaired) electrons. The van der Waals surface area contributed by atoms with Gasteiger partial charge < -0.3 is 10.2 Å². The van der Waals surface area contributed by atoms with Crippen LogP contribution >= 0.6 is 11.8 Å². The Morgan fingerprint density at radius 1 is 1.30 bits per heavy atom. The van der Waals surface area contributed by atoms with Gasteiger partial charge in [-0.05, 0) is 25.5 Å². The van der Waals surface area contributed by atoms with Gasteiger partial charge in [-0.2, -0.15) is 0 Å². The van der Waals surface area contributed by atoms with Crippen LogP contribution in [0.25, 0.3) is 0 Å². The molecular formula is C17H29N3O2S. The average molecular weight is 340 g/mol. The molecule has 1 saturated heterocycles. The summed E-state index contributed by atoms with van der Waals surface area (Å²) in [6, 6.07) is 0. The van der Waals surface area contributed by atoms with E-state index in [2.05, 4.69) is 23.1 Å². The topological polar surface area (TPSA) is 52.7 Å². The van der Waals surface area contributed by atoms with Gasteiger partial charge in [0.2, 0.25) is 11.8 Å². The Hall–Kier alpha value is -1.19. The first-order valence-corrected chi connectivity index (χ1v) is 9.46. The van der Waals surface area contributed by atoms with E-state index < -0.39 is 0 Å². The minimum absolute atomic E-state index is 0.0204. The predicted octanol–water partition coefficient (Wildman–Crippen LogP) is 1.19. The summed E-state index contributed by atoms with van der Waals surface area (Å²) in [7, 11) is 0. The zero-order chi connectivity index (χ0) is 17.1. The number of rotatable bonds is 8. The fourth-order valence-electron chi connectivity index (χ4n) is 2.49. The van der Waals surface area contributed by atoms with Crippen LogP contribution in [-0.4, -0.2) is 71.9 Å². The van der Waals surface area contributed by atoms with E-state index in [1.165, 1.54) is 0 Å². The van der Waals surface area contributed by atoms with E-state index in [0.29, 0.717) is 13.1 Å². The molecule has 1 aliphatic rings. The zero-order valence-corrected chi connectivity index (χ0v) is 15.2. The molecule has 0 aromatic rings. The highest BCUT2D eigenvalue weighted by molar-refractivity contribution is 8.00. The van der Waals surface area contributed by atoms with Crippen molar-refractivity contribution in [2.24, 2.45) is 0 Å². The molecule has 0 spiro atoms. The Morgan fingerprint density at radius 3 is 2.78 bits per heavy atom. The monoisotopic (exact) mass is 339 g/mol. The van der Waals surface area contributed by atoms with Crippen molar-refractivity contribution in [3.8, 4) is 12.3 Å². The highest BCUT2D eigenvalue weighted by Gasteiger charge is 2.24. The van der Waals surface area contributed by atoms with Crippen molar-refractivity contribution < 1.29 is 9.59 Å². The summed E-state index contributed by atoms with van der Waals surface area (Å²) in [5.41, 5.74) is 0. The Kier molecular flexibility index (Phi) is 9.81. The van der Waals surface area contributed by atoms with Crippen LogP contribution in [0.5, 0.6) is 0 Å². The van der Waals surface area contributed by atoms with Gasteiger partial charge in [0.1, 0.15) is 0 Å². The molecule has 1 fully saturated rings. The molecule has 0 aromatic carbocycles. The largest absolute Gasteiger partial charge is 0.344 e. The highest BCUT2D eigenvalue weighted by Crippen LogP contribution is 2.16. The first-order valence-electron chi connectivity index (χ1n) is 8.41. The van der Waals surface area contributed by atoms with Crippen molar-refractivity contribution in [3.05, 3.63) is 0 Å². The predicted molar refractivity (Wildman–Crippen MR) is 96.3 cm³/mol. The number of hydrogen-bond acceptors (Lipinski definition) is 4. The fourth-order valence-corrected chi connectivity index (χ4v) is 3.59. The van der Waals surface area contributed by atoms with Gasteiger partial charge >= 0.3 is 0 Å². The lowest BCUT2D eigenvalue weighted by molar-refractivity contribution is -0.130. The first kappa shape index (κ1) is 19.9. The van der Waals surface area contributed by atoms with Gasteiger partial charge in [0.05, 0.1) is 18.3 Å². The molecule has 23 heavy (non-hydrogen) atoms. The van der Waals surface area contributed by atoms with Gasteiger partial charge in [-0.3, -0.25) is 14.5 Å². The third kappa shape index (κ3) is 7.76. The van der Waals surface area contributed by atoms with Gasteiger partial charge in [0.15, 0.2) is 0 Å². The lowest BCUT2D eigenvalue weighted by Crippen LogP contribution is -2.41. The Morgan fingerprint density at radius 2 is 2.09 bits per heavy atom. The molecule has 1 unspecified atom stereocenters. The van der Waals surface area contributed by atoms with Gasteiger partial charge in [0.25, 0.3) is 0 Å². The second-order valence-electron chi connectivity index (χ2n) is 5.80. The summed E-state index contributed by atoms with van der Waals surface area (Å²) in [6.07, 6.45) is 8.35. The Balaban J connectivity index is 2.37. The number of hydrogen-bond donors (Lipinski definition) is 1. The number of thioether (sulfide) groups is 1. The minimum atomic E-state index is -0.0498. The lowest BCUT2D eigenvalue weighted by atomic mass is 10.3. The van der Waals surface area contributed by atoms with Crippen LogP contribution in [0.4, 0.5) is 0 Å². The summed E-state index contributed by atoms with van der Waals surface area (Å²) in [5, 5.41) is 2.70. The van der Waals surface area contributed by atoms with Crippen molar-refractivity contribution in [3.63, 3.8) is 0 Å². The number of nitrogens with one attached hydrogen (secondary N) is 1. The van der Waals surface area contributed by atoms with E-state index in [-0.39, 0.29) is 23.6 Å². The van der Waals surface area contributed by atoms with E-state index in [0.717, 1.165) is 44.6 Å². The summed E-state index contributed by atoms with van der Waals surface area (Å²) >= 11 is 1.74. The van der Waals surface area contributed by atoms with Gasteiger partial charge in [-0.1, -0.05) is 19.3 Å². The molecule has 5 nitrogen and oxygen atoms in total. The summed E-state index contributed by atoms with van der Waals surface area (Å²) < 4.78 is 0. The minimum Gasteiger partial charge on any atom is -0.344 e. The molecule has 1 N–H and O–H groups in total. The Bertz CT molecular complexity index is 423. The molecule has 1 atom stereocenters. The van der Waals surface area contributed by atoms with Crippen LogP contribution in [0.15, 0.2) is 0 Å². The third-order valence-electron chi connectivity index (χ3n) is 3.87. The smallest absolute Gasteiger partial charge is 0.235 e. The van der Waals surface area contributed by atoms with E-state index in [9.17, 15) is 9.59 Å². The number of carbonyl (C=O) groups is 2. The van der Waals surface area contributed by atoms with Gasteiger partial charge in [-0.15, -0.1) is 18.2 Å². The molecule has 0 saturated carbocycles. The normalized spacial score (nSPS) is 17.2. The van der Waals surface area contributed by atoms with Gasteiger partial charge in [0, 0.05) is 26.2 Å². The molecule has 2 amide bonds. The molecule has 1 aliphatic heterocycles. The van der Waals surface area contributed by atoms with E-state index >= 15 is 0 Å². The number of nitrogens with zero attached hydrogens (tertiary/aromatic N) is 2. The second-order valence-corrected chi connectivity index (χ2v) is 7.25. The standard InChI is InChI=1S/C17H29N3O2S/c1-4-6-13-23-15(3)17(22)20-10-7-9-19(11-12-20)14-16(21)18-8-5-2/h2,15H,4,6-14H2,1,3H3,(H,18,21). The summed E-state index contributed by atoms with van der Waals surface area (Å²) in [4.78, 5) is 28.3. The van der Waals surface area contributed by atoms with Crippen molar-refractivity contribution >= 4 is 23.6 Å². The average Bonchev–Trinajstić information content (AvgIpc) is 2.78. The van der Waals surface area contributed by atoms with Crippen LogP contribution in [0.1, 0.15) is 33.1 Å². The van der Waals surface area contributed by atoms with E-state index in [4.69, 9.17) is 6.42 Å². The molecule has 130 valence electrons. The number of unbranched alkanes of at least 4 members (excludes halogenated alkanes) is 1. The van der Waals surface area contributed by atoms with Crippen molar-refractivity contribution in [1.82, 2.24) is 15.1 Å². The van der Waals surface area contributed by atoms with Crippen LogP contribution in [-0.2, 0) is 9.59 Å². The zero-order valence-electron chi connectivity index (χ0n) is 14.3. The first-order chi connectivity index (χ1) is 11.1. The quantitative estimate of drug-likeness (QED) is 0.533. The Labute approximate surface area is 144 Å². The SMILES string of the molecule is C#CCNC(=O)CN1CCCN(C(=O)C(C)SCCCC)CC1. The summed E-state index contributed by atoms with van der Waals surface area (Å²) in [6.45, 7) is 7.83. The second kappa shape index (κ2) is 11.4.